The minimum atomic E-state index is 0.0798. The number of rotatable bonds is 3. The molecule has 1 aromatic carbocycles. The lowest BCUT2D eigenvalue weighted by molar-refractivity contribution is 0.0328. The maximum Gasteiger partial charge on any atom is 0.235 e. The summed E-state index contributed by atoms with van der Waals surface area (Å²) >= 11 is 1.61. The van der Waals surface area contributed by atoms with Crippen LogP contribution in [0.1, 0.15) is 58.5 Å². The van der Waals surface area contributed by atoms with Crippen LogP contribution >= 0.6 is 11.3 Å². The maximum absolute atomic E-state index is 5.45. The van der Waals surface area contributed by atoms with Gasteiger partial charge in [-0.1, -0.05) is 58.9 Å². The van der Waals surface area contributed by atoms with Crippen LogP contribution in [0.25, 0.3) is 15.5 Å². The van der Waals surface area contributed by atoms with Crippen LogP contribution < -0.4 is 0 Å². The number of nitrogens with zero attached hydrogens (tertiary/aromatic N) is 5. The molecule has 0 amide bonds. The number of morpholine rings is 1. The second-order valence-electron chi connectivity index (χ2n) is 9.91. The van der Waals surface area contributed by atoms with E-state index in [1.807, 2.05) is 4.52 Å². The van der Waals surface area contributed by atoms with Gasteiger partial charge in [0.25, 0.3) is 0 Å². The van der Waals surface area contributed by atoms with E-state index in [2.05, 4.69) is 74.8 Å². The van der Waals surface area contributed by atoms with Gasteiger partial charge in [0.05, 0.1) is 19.8 Å². The van der Waals surface area contributed by atoms with Crippen molar-refractivity contribution < 1.29 is 4.74 Å². The lowest BCUT2D eigenvalue weighted by atomic mass is 9.79. The topological polar surface area (TPSA) is 55.5 Å². The first-order valence-corrected chi connectivity index (χ1v) is 11.1. The molecule has 0 atom stereocenters. The van der Waals surface area contributed by atoms with Gasteiger partial charge in [-0.15, -0.1) is 10.2 Å². The summed E-state index contributed by atoms with van der Waals surface area (Å²) in [5.74, 6) is 0.896. The molecular weight excluding hydrogens is 382 g/mol. The molecule has 3 aromatic rings. The highest BCUT2D eigenvalue weighted by Gasteiger charge is 2.23. The van der Waals surface area contributed by atoms with Gasteiger partial charge in [0.1, 0.15) is 5.01 Å². The van der Waals surface area contributed by atoms with Crippen LogP contribution in [-0.4, -0.2) is 51.0 Å². The number of hydrogen-bond acceptors (Lipinski definition) is 6. The Morgan fingerprint density at radius 2 is 1.55 bits per heavy atom. The number of fused-ring (bicyclic) bond motifs is 1. The van der Waals surface area contributed by atoms with Crippen molar-refractivity contribution in [3.63, 3.8) is 0 Å². The first-order chi connectivity index (χ1) is 13.6. The Balaban J connectivity index is 1.72. The molecule has 3 heterocycles. The quantitative estimate of drug-likeness (QED) is 0.641. The standard InChI is InChI=1S/C22H31N5OS/c1-21(2,3)16-11-15(12-17(13-16)22(4,5)6)19-25-27-18(23-24-20(27)29-19)14-26-7-9-28-10-8-26/h11-13H,7-10,14H2,1-6H3. The summed E-state index contributed by atoms with van der Waals surface area (Å²) in [6.07, 6.45) is 0. The average Bonchev–Trinajstić information content (AvgIpc) is 3.23. The second kappa shape index (κ2) is 7.45. The highest BCUT2D eigenvalue weighted by molar-refractivity contribution is 7.19. The van der Waals surface area contributed by atoms with E-state index in [-0.39, 0.29) is 10.8 Å². The van der Waals surface area contributed by atoms with E-state index in [9.17, 15) is 0 Å². The molecule has 2 aromatic heterocycles. The Kier molecular flexibility index (Phi) is 5.25. The van der Waals surface area contributed by atoms with Gasteiger partial charge in [-0.2, -0.15) is 9.61 Å². The van der Waals surface area contributed by atoms with Crippen molar-refractivity contribution in [2.75, 3.05) is 26.3 Å². The third kappa shape index (κ3) is 4.37. The zero-order chi connectivity index (χ0) is 20.8. The Hall–Kier alpha value is -1.83. The van der Waals surface area contributed by atoms with Gasteiger partial charge in [0, 0.05) is 18.7 Å². The molecule has 0 spiro atoms. The minimum Gasteiger partial charge on any atom is -0.379 e. The fourth-order valence-electron chi connectivity index (χ4n) is 3.45. The molecule has 0 bridgehead atoms. The highest BCUT2D eigenvalue weighted by atomic mass is 32.1. The summed E-state index contributed by atoms with van der Waals surface area (Å²) in [7, 11) is 0. The fraction of sp³-hybridized carbons (Fsp3) is 0.591. The van der Waals surface area contributed by atoms with Gasteiger partial charge in [-0.3, -0.25) is 4.90 Å². The van der Waals surface area contributed by atoms with Crippen LogP contribution in [-0.2, 0) is 22.1 Å². The predicted molar refractivity (Wildman–Crippen MR) is 118 cm³/mol. The molecule has 0 radical (unpaired) electrons. The van der Waals surface area contributed by atoms with Crippen LogP contribution in [0.3, 0.4) is 0 Å². The Morgan fingerprint density at radius 1 is 0.931 bits per heavy atom. The number of ether oxygens (including phenoxy) is 1. The Morgan fingerprint density at radius 3 is 2.14 bits per heavy atom. The van der Waals surface area contributed by atoms with Crippen molar-refractivity contribution in [2.45, 2.75) is 58.9 Å². The normalized spacial score (nSPS) is 16.6. The summed E-state index contributed by atoms with van der Waals surface area (Å²) in [4.78, 5) is 3.19. The molecule has 156 valence electrons. The van der Waals surface area contributed by atoms with E-state index in [4.69, 9.17) is 9.84 Å². The van der Waals surface area contributed by atoms with Crippen molar-refractivity contribution >= 4 is 16.3 Å². The molecule has 0 saturated carbocycles. The van der Waals surface area contributed by atoms with E-state index in [1.54, 1.807) is 11.3 Å². The second-order valence-corrected chi connectivity index (χ2v) is 10.9. The molecule has 0 unspecified atom stereocenters. The smallest absolute Gasteiger partial charge is 0.235 e. The Labute approximate surface area is 176 Å². The number of aromatic nitrogens is 4. The molecule has 1 fully saturated rings. The van der Waals surface area contributed by atoms with Gasteiger partial charge in [0.2, 0.25) is 4.96 Å². The van der Waals surface area contributed by atoms with Crippen molar-refractivity contribution in [3.05, 3.63) is 35.2 Å². The van der Waals surface area contributed by atoms with E-state index < -0.39 is 0 Å². The van der Waals surface area contributed by atoms with Gasteiger partial charge in [-0.05, 0) is 34.1 Å². The maximum atomic E-state index is 5.45. The zero-order valence-corrected chi connectivity index (χ0v) is 19.1. The molecule has 7 heteroatoms. The van der Waals surface area contributed by atoms with Crippen molar-refractivity contribution in [1.82, 2.24) is 24.7 Å². The highest BCUT2D eigenvalue weighted by Crippen LogP contribution is 2.35. The van der Waals surface area contributed by atoms with Crippen LogP contribution in [0.15, 0.2) is 18.2 Å². The predicted octanol–water partition coefficient (Wildman–Crippen LogP) is 4.28. The minimum absolute atomic E-state index is 0.0798. The van der Waals surface area contributed by atoms with Crippen molar-refractivity contribution in [1.29, 1.82) is 0 Å². The van der Waals surface area contributed by atoms with Gasteiger partial charge in [-0.25, -0.2) is 0 Å². The largest absolute Gasteiger partial charge is 0.379 e. The van der Waals surface area contributed by atoms with E-state index in [0.29, 0.717) is 0 Å². The molecule has 6 nitrogen and oxygen atoms in total. The first-order valence-electron chi connectivity index (χ1n) is 10.3. The molecule has 0 N–H and O–H groups in total. The lowest BCUT2D eigenvalue weighted by Crippen LogP contribution is -2.36. The van der Waals surface area contributed by atoms with Gasteiger partial charge in [0.15, 0.2) is 5.82 Å². The van der Waals surface area contributed by atoms with Crippen LogP contribution in [0, 0.1) is 0 Å². The summed E-state index contributed by atoms with van der Waals surface area (Å²) in [5.41, 5.74) is 3.99. The molecule has 0 aliphatic carbocycles. The fourth-order valence-corrected chi connectivity index (χ4v) is 4.29. The summed E-state index contributed by atoms with van der Waals surface area (Å²) in [5, 5.41) is 14.7. The molecule has 1 saturated heterocycles. The SMILES string of the molecule is CC(C)(C)c1cc(-c2nn3c(CN4CCOCC4)nnc3s2)cc(C(C)(C)C)c1. The molecule has 4 rings (SSSR count). The van der Waals surface area contributed by atoms with Crippen LogP contribution in [0.4, 0.5) is 0 Å². The summed E-state index contributed by atoms with van der Waals surface area (Å²) in [6, 6.07) is 6.90. The van der Waals surface area contributed by atoms with Crippen molar-refractivity contribution in [2.24, 2.45) is 0 Å². The van der Waals surface area contributed by atoms with E-state index in [1.165, 1.54) is 11.1 Å². The first kappa shape index (κ1) is 20.4. The summed E-state index contributed by atoms with van der Waals surface area (Å²) < 4.78 is 7.36. The molecule has 1 aliphatic heterocycles. The third-order valence-electron chi connectivity index (χ3n) is 5.44. The van der Waals surface area contributed by atoms with E-state index in [0.717, 1.165) is 54.2 Å². The average molecular weight is 414 g/mol. The third-order valence-corrected chi connectivity index (χ3v) is 6.38. The Bertz CT molecular complexity index is 970. The number of benzene rings is 1. The summed E-state index contributed by atoms with van der Waals surface area (Å²) in [6.45, 7) is 17.7. The van der Waals surface area contributed by atoms with Crippen molar-refractivity contribution in [3.8, 4) is 10.6 Å². The molecular formula is C22H31N5OS. The zero-order valence-electron chi connectivity index (χ0n) is 18.3. The monoisotopic (exact) mass is 413 g/mol. The number of hydrogen-bond donors (Lipinski definition) is 0. The molecule has 1 aliphatic rings. The van der Waals surface area contributed by atoms with E-state index >= 15 is 0 Å². The lowest BCUT2D eigenvalue weighted by Gasteiger charge is -2.26. The molecule has 29 heavy (non-hydrogen) atoms. The van der Waals surface area contributed by atoms with Crippen LogP contribution in [0.2, 0.25) is 0 Å². The van der Waals surface area contributed by atoms with Gasteiger partial charge >= 0.3 is 0 Å². The van der Waals surface area contributed by atoms with Crippen LogP contribution in [0.5, 0.6) is 0 Å². The van der Waals surface area contributed by atoms with Gasteiger partial charge < -0.3 is 4.74 Å².